The van der Waals surface area contributed by atoms with E-state index in [9.17, 15) is 29.1 Å². The van der Waals surface area contributed by atoms with Gasteiger partial charge < -0.3 is 31.5 Å². The highest BCUT2D eigenvalue weighted by atomic mass is 16.4. The predicted octanol–water partition coefficient (Wildman–Crippen LogP) is -0.546. The van der Waals surface area contributed by atoms with Gasteiger partial charge >= 0.3 is 11.9 Å². The van der Waals surface area contributed by atoms with Gasteiger partial charge in [-0.05, 0) is 37.6 Å². The number of aliphatic carboxylic acids is 2. The van der Waals surface area contributed by atoms with Gasteiger partial charge in [-0.2, -0.15) is 0 Å². The van der Waals surface area contributed by atoms with E-state index in [1.165, 1.54) is 0 Å². The van der Waals surface area contributed by atoms with Gasteiger partial charge in [0.1, 0.15) is 18.1 Å². The van der Waals surface area contributed by atoms with Crippen LogP contribution in [0.2, 0.25) is 0 Å². The molecule has 3 amide bonds. The molecule has 1 heterocycles. The van der Waals surface area contributed by atoms with E-state index in [-0.39, 0.29) is 18.2 Å². The average molecular weight is 443 g/mol. The van der Waals surface area contributed by atoms with Gasteiger partial charge in [0.15, 0.2) is 0 Å². The Bertz CT molecular complexity index is 674. The van der Waals surface area contributed by atoms with E-state index in [1.807, 2.05) is 13.8 Å². The van der Waals surface area contributed by atoms with Gasteiger partial charge in [-0.15, -0.1) is 0 Å². The number of carbonyl (C=O) groups is 5. The molecule has 0 aliphatic carbocycles. The van der Waals surface area contributed by atoms with E-state index in [0.717, 1.165) is 6.42 Å². The van der Waals surface area contributed by atoms with Crippen molar-refractivity contribution in [3.05, 3.63) is 0 Å². The minimum Gasteiger partial charge on any atom is -0.481 e. The SMILES string of the molecule is CC(C)CC(NC(=O)C1CCCN1)C(=O)NC(CC(=O)O)C(=O)NC(C(=O)O)C(C)C. The third-order valence-electron chi connectivity index (χ3n) is 4.96. The van der Waals surface area contributed by atoms with Crippen molar-refractivity contribution in [3.8, 4) is 0 Å². The average Bonchev–Trinajstić information content (AvgIpc) is 3.18. The highest BCUT2D eigenvalue weighted by Gasteiger charge is 2.33. The number of carboxylic acids is 2. The number of amides is 3. The van der Waals surface area contributed by atoms with Crippen LogP contribution < -0.4 is 21.3 Å². The van der Waals surface area contributed by atoms with E-state index in [4.69, 9.17) is 5.11 Å². The summed E-state index contributed by atoms with van der Waals surface area (Å²) in [6, 6.07) is -4.08. The lowest BCUT2D eigenvalue weighted by Crippen LogP contribution is -2.58. The van der Waals surface area contributed by atoms with Gasteiger partial charge in [-0.3, -0.25) is 19.2 Å². The van der Waals surface area contributed by atoms with Crippen LogP contribution in [0.5, 0.6) is 0 Å². The van der Waals surface area contributed by atoms with Crippen molar-refractivity contribution >= 4 is 29.7 Å². The third kappa shape index (κ3) is 8.91. The molecule has 1 fully saturated rings. The molecule has 0 saturated carbocycles. The molecule has 1 aliphatic rings. The van der Waals surface area contributed by atoms with Crippen molar-refractivity contribution in [2.24, 2.45) is 11.8 Å². The van der Waals surface area contributed by atoms with Crippen LogP contribution in [0.25, 0.3) is 0 Å². The third-order valence-corrected chi connectivity index (χ3v) is 4.96. The molecule has 4 atom stereocenters. The normalized spacial score (nSPS) is 18.8. The van der Waals surface area contributed by atoms with Crippen LogP contribution in [0.1, 0.15) is 53.4 Å². The summed E-state index contributed by atoms with van der Waals surface area (Å²) in [6.45, 7) is 7.62. The van der Waals surface area contributed by atoms with Crippen molar-refractivity contribution in [3.63, 3.8) is 0 Å². The molecule has 4 unspecified atom stereocenters. The maximum absolute atomic E-state index is 12.8. The fourth-order valence-electron chi connectivity index (χ4n) is 3.31. The Morgan fingerprint density at radius 2 is 1.55 bits per heavy atom. The molecule has 0 radical (unpaired) electrons. The summed E-state index contributed by atoms with van der Waals surface area (Å²) >= 11 is 0. The predicted molar refractivity (Wildman–Crippen MR) is 111 cm³/mol. The van der Waals surface area contributed by atoms with Crippen LogP contribution in [0.4, 0.5) is 0 Å². The van der Waals surface area contributed by atoms with Gasteiger partial charge in [-0.1, -0.05) is 27.7 Å². The molecule has 176 valence electrons. The molecule has 11 nitrogen and oxygen atoms in total. The monoisotopic (exact) mass is 442 g/mol. The first-order chi connectivity index (χ1) is 14.4. The van der Waals surface area contributed by atoms with Crippen LogP contribution in [0.15, 0.2) is 0 Å². The van der Waals surface area contributed by atoms with Crippen LogP contribution in [0.3, 0.4) is 0 Å². The molecule has 6 N–H and O–H groups in total. The second-order valence-corrected chi connectivity index (χ2v) is 8.57. The van der Waals surface area contributed by atoms with E-state index in [2.05, 4.69) is 21.3 Å². The van der Waals surface area contributed by atoms with Crippen LogP contribution in [0, 0.1) is 11.8 Å². The van der Waals surface area contributed by atoms with Gasteiger partial charge in [0, 0.05) is 0 Å². The Balaban J connectivity index is 2.93. The topological polar surface area (TPSA) is 174 Å². The summed E-state index contributed by atoms with van der Waals surface area (Å²) in [6.07, 6.45) is 1.06. The number of hydrogen-bond donors (Lipinski definition) is 6. The summed E-state index contributed by atoms with van der Waals surface area (Å²) in [7, 11) is 0. The molecule has 1 aliphatic heterocycles. The first-order valence-corrected chi connectivity index (χ1v) is 10.5. The van der Waals surface area contributed by atoms with Gasteiger partial charge in [-0.25, -0.2) is 4.79 Å². The number of rotatable bonds is 12. The summed E-state index contributed by atoms with van der Waals surface area (Å²) < 4.78 is 0. The lowest BCUT2D eigenvalue weighted by molar-refractivity contribution is -0.144. The fraction of sp³-hybridized carbons (Fsp3) is 0.750. The molecule has 0 spiro atoms. The number of carbonyl (C=O) groups excluding carboxylic acids is 3. The molecule has 0 bridgehead atoms. The van der Waals surface area contributed by atoms with Gasteiger partial charge in [0.25, 0.3) is 0 Å². The molecule has 0 aromatic rings. The summed E-state index contributed by atoms with van der Waals surface area (Å²) in [4.78, 5) is 60.4. The zero-order chi connectivity index (χ0) is 23.7. The van der Waals surface area contributed by atoms with Crippen molar-refractivity contribution in [2.45, 2.75) is 77.5 Å². The van der Waals surface area contributed by atoms with Crippen LogP contribution in [-0.2, 0) is 24.0 Å². The smallest absolute Gasteiger partial charge is 0.326 e. The summed E-state index contributed by atoms with van der Waals surface area (Å²) in [5.41, 5.74) is 0. The lowest BCUT2D eigenvalue weighted by atomic mass is 10.0. The number of hydrogen-bond acceptors (Lipinski definition) is 6. The minimum absolute atomic E-state index is 0.0386. The maximum atomic E-state index is 12.8. The van der Waals surface area contributed by atoms with Crippen molar-refractivity contribution < 1.29 is 34.2 Å². The Hall–Kier alpha value is -2.69. The Labute approximate surface area is 181 Å². The molecular formula is C20H34N4O7. The van der Waals surface area contributed by atoms with Crippen molar-refractivity contribution in [1.29, 1.82) is 0 Å². The van der Waals surface area contributed by atoms with E-state index >= 15 is 0 Å². The van der Waals surface area contributed by atoms with E-state index in [1.54, 1.807) is 13.8 Å². The summed E-state index contributed by atoms with van der Waals surface area (Å²) in [5.74, 6) is -4.95. The Morgan fingerprint density at radius 3 is 2.00 bits per heavy atom. The Kier molecular flexibility index (Phi) is 10.4. The number of nitrogens with one attached hydrogen (secondary N) is 4. The molecule has 1 rings (SSSR count). The largest absolute Gasteiger partial charge is 0.481 e. The highest BCUT2D eigenvalue weighted by Crippen LogP contribution is 2.10. The second kappa shape index (κ2) is 12.2. The maximum Gasteiger partial charge on any atom is 0.326 e. The zero-order valence-corrected chi connectivity index (χ0v) is 18.4. The number of carboxylic acid groups (broad SMARTS) is 2. The minimum atomic E-state index is -1.48. The van der Waals surface area contributed by atoms with Crippen LogP contribution >= 0.6 is 0 Å². The van der Waals surface area contributed by atoms with Gasteiger partial charge in [0.05, 0.1) is 12.5 Å². The molecular weight excluding hydrogens is 408 g/mol. The quantitative estimate of drug-likeness (QED) is 0.233. The zero-order valence-electron chi connectivity index (χ0n) is 18.4. The Morgan fingerprint density at radius 1 is 0.935 bits per heavy atom. The first kappa shape index (κ1) is 26.3. The van der Waals surface area contributed by atoms with E-state index in [0.29, 0.717) is 13.0 Å². The molecule has 11 heteroatoms. The van der Waals surface area contributed by atoms with Crippen molar-refractivity contribution in [1.82, 2.24) is 21.3 Å². The highest BCUT2D eigenvalue weighted by molar-refractivity contribution is 5.95. The standard InChI is InChI=1S/C20H34N4O7/c1-10(2)8-13(22-17(27)12-6-5-7-21-12)18(28)23-14(9-15(25)26)19(29)24-16(11(3)4)20(30)31/h10-14,16,21H,5-9H2,1-4H3,(H,22,27)(H,23,28)(H,24,29)(H,25,26)(H,30,31). The van der Waals surface area contributed by atoms with E-state index < -0.39 is 60.3 Å². The van der Waals surface area contributed by atoms with Crippen LogP contribution in [-0.4, -0.2) is 70.6 Å². The first-order valence-electron chi connectivity index (χ1n) is 10.5. The molecule has 0 aromatic heterocycles. The second-order valence-electron chi connectivity index (χ2n) is 8.57. The fourth-order valence-corrected chi connectivity index (χ4v) is 3.31. The summed E-state index contributed by atoms with van der Waals surface area (Å²) in [5, 5.41) is 28.8. The van der Waals surface area contributed by atoms with Crippen molar-refractivity contribution in [2.75, 3.05) is 6.54 Å². The molecule has 1 saturated heterocycles. The lowest BCUT2D eigenvalue weighted by Gasteiger charge is -2.26. The van der Waals surface area contributed by atoms with Gasteiger partial charge in [0.2, 0.25) is 17.7 Å². The molecule has 0 aromatic carbocycles. The molecule has 31 heavy (non-hydrogen) atoms.